The summed E-state index contributed by atoms with van der Waals surface area (Å²) in [5.41, 5.74) is 3.90. The molecule has 3 heteroatoms. The summed E-state index contributed by atoms with van der Waals surface area (Å²) in [6.07, 6.45) is -0.135. The van der Waals surface area contributed by atoms with Gasteiger partial charge in [0, 0.05) is 0 Å². The van der Waals surface area contributed by atoms with Gasteiger partial charge in [0.25, 0.3) is 0 Å². The fourth-order valence-corrected chi connectivity index (χ4v) is 2.15. The van der Waals surface area contributed by atoms with Gasteiger partial charge in [0.2, 0.25) is 0 Å². The maximum atomic E-state index is 9.46. The minimum atomic E-state index is -0.675. The average Bonchev–Trinajstić information content (AvgIpc) is 2.37. The quantitative estimate of drug-likeness (QED) is 0.722. The number of aryl methyl sites for hydroxylation is 1. The van der Waals surface area contributed by atoms with Crippen LogP contribution in [0.15, 0.2) is 24.8 Å². The van der Waals surface area contributed by atoms with Crippen molar-refractivity contribution in [2.24, 2.45) is 0 Å². The zero-order chi connectivity index (χ0) is 13.7. The highest BCUT2D eigenvalue weighted by Gasteiger charge is 2.13. The Morgan fingerprint density at radius 1 is 1.33 bits per heavy atom. The van der Waals surface area contributed by atoms with Crippen molar-refractivity contribution < 1.29 is 15.3 Å². The summed E-state index contributed by atoms with van der Waals surface area (Å²) in [5.74, 6) is 0.184. The Hall–Kier alpha value is -1.16. The third-order valence-corrected chi connectivity index (χ3v) is 3.24. The zero-order valence-corrected chi connectivity index (χ0v) is 11.1. The normalized spacial score (nSPS) is 14.3. The molecule has 0 saturated heterocycles. The molecule has 2 atom stereocenters. The predicted molar refractivity (Wildman–Crippen MR) is 73.4 cm³/mol. The van der Waals surface area contributed by atoms with Gasteiger partial charge in [0.05, 0.1) is 19.3 Å². The molecule has 18 heavy (non-hydrogen) atoms. The number of rotatable bonds is 6. The molecular formula is C15H22O3. The van der Waals surface area contributed by atoms with E-state index in [0.29, 0.717) is 12.0 Å². The third kappa shape index (κ3) is 3.67. The number of hydrogen-bond donors (Lipinski definition) is 3. The molecule has 1 aromatic rings. The summed E-state index contributed by atoms with van der Waals surface area (Å²) >= 11 is 0. The van der Waals surface area contributed by atoms with Crippen LogP contribution < -0.4 is 0 Å². The molecule has 0 fully saturated rings. The summed E-state index contributed by atoms with van der Waals surface area (Å²) in [6, 6.07) is 5.93. The topological polar surface area (TPSA) is 60.7 Å². The fraction of sp³-hybridized carbons (Fsp3) is 0.467. The Morgan fingerprint density at radius 2 is 2.00 bits per heavy atom. The number of hydrogen-bond acceptors (Lipinski definition) is 3. The molecule has 1 rings (SSSR count). The molecule has 0 aliphatic rings. The van der Waals surface area contributed by atoms with Crippen LogP contribution in [0.25, 0.3) is 5.57 Å². The van der Waals surface area contributed by atoms with E-state index >= 15 is 0 Å². The van der Waals surface area contributed by atoms with Crippen molar-refractivity contribution in [3.05, 3.63) is 41.5 Å². The first-order chi connectivity index (χ1) is 8.49. The van der Waals surface area contributed by atoms with E-state index in [0.717, 1.165) is 16.7 Å². The molecule has 0 radical (unpaired) electrons. The van der Waals surface area contributed by atoms with Crippen LogP contribution in [0.5, 0.6) is 0 Å². The van der Waals surface area contributed by atoms with Crippen molar-refractivity contribution in [1.82, 2.24) is 0 Å². The van der Waals surface area contributed by atoms with E-state index in [2.05, 4.69) is 6.58 Å². The van der Waals surface area contributed by atoms with Crippen LogP contribution in [0, 0.1) is 6.92 Å². The highest BCUT2D eigenvalue weighted by molar-refractivity contribution is 5.65. The molecule has 0 aliphatic heterocycles. The highest BCUT2D eigenvalue weighted by atomic mass is 16.3. The molecule has 1 aromatic carbocycles. The fourth-order valence-electron chi connectivity index (χ4n) is 2.15. The van der Waals surface area contributed by atoms with Crippen LogP contribution in [-0.2, 0) is 0 Å². The van der Waals surface area contributed by atoms with Gasteiger partial charge in [-0.1, -0.05) is 31.7 Å². The van der Waals surface area contributed by atoms with Gasteiger partial charge in [-0.05, 0) is 41.5 Å². The number of aliphatic hydroxyl groups is 3. The molecule has 100 valence electrons. The highest BCUT2D eigenvalue weighted by Crippen LogP contribution is 2.26. The van der Waals surface area contributed by atoms with E-state index in [9.17, 15) is 5.11 Å². The first-order valence-electron chi connectivity index (χ1n) is 6.18. The van der Waals surface area contributed by atoms with Gasteiger partial charge >= 0.3 is 0 Å². The second kappa shape index (κ2) is 6.69. The van der Waals surface area contributed by atoms with Gasteiger partial charge in [0.1, 0.15) is 0 Å². The monoisotopic (exact) mass is 250 g/mol. The van der Waals surface area contributed by atoms with Crippen molar-refractivity contribution in [2.75, 3.05) is 13.2 Å². The maximum Gasteiger partial charge on any atom is 0.0776 e. The van der Waals surface area contributed by atoms with Gasteiger partial charge < -0.3 is 15.3 Å². The number of aliphatic hydroxyl groups excluding tert-OH is 3. The minimum absolute atomic E-state index is 0.0441. The number of benzene rings is 1. The molecule has 0 heterocycles. The van der Waals surface area contributed by atoms with Crippen molar-refractivity contribution in [1.29, 1.82) is 0 Å². The molecule has 0 aromatic heterocycles. The minimum Gasteiger partial charge on any atom is -0.394 e. The summed E-state index contributed by atoms with van der Waals surface area (Å²) in [4.78, 5) is 0. The van der Waals surface area contributed by atoms with Crippen LogP contribution in [0.3, 0.4) is 0 Å². The van der Waals surface area contributed by atoms with Gasteiger partial charge in [-0.2, -0.15) is 0 Å². The van der Waals surface area contributed by atoms with Gasteiger partial charge in [-0.25, -0.2) is 0 Å². The average molecular weight is 250 g/mol. The van der Waals surface area contributed by atoms with E-state index < -0.39 is 6.10 Å². The van der Waals surface area contributed by atoms with Crippen molar-refractivity contribution in [3.8, 4) is 0 Å². The van der Waals surface area contributed by atoms with Crippen molar-refractivity contribution in [2.45, 2.75) is 32.3 Å². The lowest BCUT2D eigenvalue weighted by atomic mass is 9.90. The van der Waals surface area contributed by atoms with Crippen LogP contribution >= 0.6 is 0 Å². The van der Waals surface area contributed by atoms with Gasteiger partial charge in [-0.3, -0.25) is 0 Å². The molecule has 0 aliphatic carbocycles. The van der Waals surface area contributed by atoms with Crippen molar-refractivity contribution in [3.63, 3.8) is 0 Å². The van der Waals surface area contributed by atoms with Crippen LogP contribution in [-0.4, -0.2) is 34.6 Å². The summed E-state index contributed by atoms with van der Waals surface area (Å²) in [7, 11) is 0. The van der Waals surface area contributed by atoms with E-state index in [4.69, 9.17) is 10.2 Å². The smallest absolute Gasteiger partial charge is 0.0776 e. The first-order valence-corrected chi connectivity index (χ1v) is 6.18. The molecule has 3 nitrogen and oxygen atoms in total. The molecule has 0 saturated carbocycles. The summed E-state index contributed by atoms with van der Waals surface area (Å²) in [5, 5.41) is 27.4. The Morgan fingerprint density at radius 3 is 2.50 bits per heavy atom. The Balaban J connectivity index is 2.88. The van der Waals surface area contributed by atoms with E-state index in [1.54, 1.807) is 0 Å². The van der Waals surface area contributed by atoms with Crippen LogP contribution in [0.1, 0.15) is 36.0 Å². The Kier molecular flexibility index (Phi) is 5.54. The van der Waals surface area contributed by atoms with E-state index in [1.165, 1.54) is 0 Å². The second-order valence-electron chi connectivity index (χ2n) is 4.81. The Labute approximate surface area is 108 Å². The van der Waals surface area contributed by atoms with Crippen molar-refractivity contribution >= 4 is 5.57 Å². The van der Waals surface area contributed by atoms with Gasteiger partial charge in [0.15, 0.2) is 0 Å². The summed E-state index contributed by atoms with van der Waals surface area (Å²) < 4.78 is 0. The molecule has 0 bridgehead atoms. The third-order valence-electron chi connectivity index (χ3n) is 3.24. The standard InChI is InChI=1S/C15H22O3/c1-10-6-13(12(3)8-16)4-5-15(10)11(2)7-14(18)9-17/h4-6,11,14,16-18H,3,7-9H2,1-2H3/t11-,14+/m0/s1. The largest absolute Gasteiger partial charge is 0.394 e. The lowest BCUT2D eigenvalue weighted by Crippen LogP contribution is -2.15. The SMILES string of the molecule is C=C(CO)c1ccc([C@@H](C)C[C@@H](O)CO)c(C)c1. The lowest BCUT2D eigenvalue weighted by Gasteiger charge is -2.18. The molecule has 0 unspecified atom stereocenters. The zero-order valence-electron chi connectivity index (χ0n) is 11.1. The predicted octanol–water partition coefficient (Wildman–Crippen LogP) is 1.85. The second-order valence-corrected chi connectivity index (χ2v) is 4.81. The van der Waals surface area contributed by atoms with Gasteiger partial charge in [-0.15, -0.1) is 0 Å². The maximum absolute atomic E-state index is 9.46. The lowest BCUT2D eigenvalue weighted by molar-refractivity contribution is 0.0835. The molecule has 3 N–H and O–H groups in total. The molecule has 0 spiro atoms. The van der Waals surface area contributed by atoms with E-state index in [1.807, 2.05) is 32.0 Å². The molecular weight excluding hydrogens is 228 g/mol. The summed E-state index contributed by atoms with van der Waals surface area (Å²) in [6.45, 7) is 7.58. The molecule has 0 amide bonds. The first kappa shape index (κ1) is 14.9. The Bertz CT molecular complexity index is 412. The van der Waals surface area contributed by atoms with Crippen LogP contribution in [0.2, 0.25) is 0 Å². The van der Waals surface area contributed by atoms with Crippen LogP contribution in [0.4, 0.5) is 0 Å². The van der Waals surface area contributed by atoms with E-state index in [-0.39, 0.29) is 19.1 Å².